The monoisotopic (exact) mass is 308 g/mol. The molecule has 0 saturated carbocycles. The number of hydrogen-bond donors (Lipinski definition) is 1. The first-order valence-electron chi connectivity index (χ1n) is 6.06. The first kappa shape index (κ1) is 17.2. The van der Waals surface area contributed by atoms with Gasteiger partial charge in [0.25, 0.3) is 5.91 Å². The molecule has 1 atom stereocenters. The lowest BCUT2D eigenvalue weighted by Crippen LogP contribution is -2.61. The van der Waals surface area contributed by atoms with Gasteiger partial charge in [0.15, 0.2) is 17.1 Å². The summed E-state index contributed by atoms with van der Waals surface area (Å²) < 4.78 is 56.2. The van der Waals surface area contributed by atoms with Crippen LogP contribution in [0, 0.1) is 5.82 Å². The third-order valence-corrected chi connectivity index (χ3v) is 2.90. The van der Waals surface area contributed by atoms with E-state index in [1.165, 1.54) is 25.2 Å². The number of likely N-dealkylation sites (N-methyl/N-ethyl adjacent to an activating group) is 1. The van der Waals surface area contributed by atoms with Crippen molar-refractivity contribution in [2.75, 3.05) is 20.2 Å². The van der Waals surface area contributed by atoms with Gasteiger partial charge >= 0.3 is 6.18 Å². The number of para-hydroxylation sites is 1. The van der Waals surface area contributed by atoms with Crippen LogP contribution in [0.2, 0.25) is 0 Å². The summed E-state index contributed by atoms with van der Waals surface area (Å²) in [5.41, 5.74) is 2.06. The van der Waals surface area contributed by atoms with Crippen LogP contribution in [0.15, 0.2) is 24.3 Å². The largest absolute Gasteiger partial charge is 0.489 e. The van der Waals surface area contributed by atoms with E-state index >= 15 is 0 Å². The van der Waals surface area contributed by atoms with Crippen molar-refractivity contribution in [2.45, 2.75) is 18.6 Å². The van der Waals surface area contributed by atoms with Gasteiger partial charge in [0, 0.05) is 7.05 Å². The lowest BCUT2D eigenvalue weighted by Gasteiger charge is -2.30. The number of halogens is 4. The smallest absolute Gasteiger partial charge is 0.415 e. The maximum Gasteiger partial charge on any atom is 0.415 e. The molecule has 0 aliphatic rings. The van der Waals surface area contributed by atoms with Crippen LogP contribution in [0.1, 0.15) is 6.92 Å². The lowest BCUT2D eigenvalue weighted by molar-refractivity contribution is -0.193. The molecular weight excluding hydrogens is 292 g/mol. The van der Waals surface area contributed by atoms with E-state index in [4.69, 9.17) is 10.5 Å². The van der Waals surface area contributed by atoms with Crippen molar-refractivity contribution in [3.8, 4) is 5.75 Å². The summed E-state index contributed by atoms with van der Waals surface area (Å²) >= 11 is 0. The van der Waals surface area contributed by atoms with Crippen molar-refractivity contribution >= 4 is 5.91 Å². The summed E-state index contributed by atoms with van der Waals surface area (Å²) in [6.45, 7) is 0.288. The third-order valence-electron chi connectivity index (χ3n) is 2.90. The van der Waals surface area contributed by atoms with Gasteiger partial charge in [-0.1, -0.05) is 12.1 Å². The molecule has 118 valence electrons. The number of carbonyl (C=O) groups excluding carboxylic acids is 1. The van der Waals surface area contributed by atoms with Crippen LogP contribution in [-0.2, 0) is 4.79 Å². The summed E-state index contributed by atoms with van der Waals surface area (Å²) in [6, 6.07) is 5.58. The zero-order valence-electron chi connectivity index (χ0n) is 11.6. The van der Waals surface area contributed by atoms with Crippen LogP contribution < -0.4 is 10.5 Å². The molecule has 0 saturated heterocycles. The van der Waals surface area contributed by atoms with Gasteiger partial charge in [-0.05, 0) is 19.1 Å². The Hall–Kier alpha value is -1.83. The molecule has 1 amide bonds. The first-order valence-corrected chi connectivity index (χ1v) is 6.06. The Labute approximate surface area is 119 Å². The second-order valence-electron chi connectivity index (χ2n) is 4.71. The zero-order chi connectivity index (χ0) is 16.3. The predicted molar refractivity (Wildman–Crippen MR) is 68.2 cm³/mol. The predicted octanol–water partition coefficient (Wildman–Crippen LogP) is 1.94. The van der Waals surface area contributed by atoms with E-state index in [0.29, 0.717) is 6.92 Å². The highest BCUT2D eigenvalue weighted by molar-refractivity contribution is 5.86. The number of carbonyl (C=O) groups is 1. The molecule has 1 aromatic carbocycles. The van der Waals surface area contributed by atoms with E-state index in [9.17, 15) is 22.4 Å². The van der Waals surface area contributed by atoms with E-state index in [-0.39, 0.29) is 18.9 Å². The van der Waals surface area contributed by atoms with Crippen molar-refractivity contribution in [3.63, 3.8) is 0 Å². The molecule has 1 unspecified atom stereocenters. The van der Waals surface area contributed by atoms with E-state index in [1.807, 2.05) is 0 Å². The fourth-order valence-electron chi connectivity index (χ4n) is 1.47. The minimum atomic E-state index is -4.86. The summed E-state index contributed by atoms with van der Waals surface area (Å²) in [4.78, 5) is 12.5. The fraction of sp³-hybridized carbons (Fsp3) is 0.462. The maximum absolute atomic E-state index is 13.2. The molecule has 21 heavy (non-hydrogen) atoms. The molecule has 0 radical (unpaired) electrons. The number of alkyl halides is 3. The normalized spacial score (nSPS) is 14.4. The van der Waals surface area contributed by atoms with Gasteiger partial charge in [-0.2, -0.15) is 13.2 Å². The van der Waals surface area contributed by atoms with Gasteiger partial charge in [0.1, 0.15) is 6.61 Å². The van der Waals surface area contributed by atoms with Gasteiger partial charge in [0.05, 0.1) is 6.54 Å². The van der Waals surface area contributed by atoms with Gasteiger partial charge in [0.2, 0.25) is 0 Å². The number of nitrogens with zero attached hydrogens (tertiary/aromatic N) is 1. The Kier molecular flexibility index (Phi) is 5.16. The van der Waals surface area contributed by atoms with Crippen molar-refractivity contribution in [3.05, 3.63) is 30.1 Å². The second-order valence-corrected chi connectivity index (χ2v) is 4.71. The number of hydrogen-bond acceptors (Lipinski definition) is 3. The van der Waals surface area contributed by atoms with Crippen molar-refractivity contribution in [1.29, 1.82) is 0 Å². The highest BCUT2D eigenvalue weighted by Gasteiger charge is 2.54. The number of nitrogens with two attached hydrogens (primary N) is 1. The number of benzene rings is 1. The first-order chi connectivity index (χ1) is 9.57. The highest BCUT2D eigenvalue weighted by Crippen LogP contribution is 2.29. The molecule has 0 aliphatic carbocycles. The van der Waals surface area contributed by atoms with Gasteiger partial charge < -0.3 is 15.4 Å². The summed E-state index contributed by atoms with van der Waals surface area (Å²) in [7, 11) is 1.17. The Morgan fingerprint density at radius 1 is 1.33 bits per heavy atom. The molecule has 0 fully saturated rings. The molecule has 0 heterocycles. The highest BCUT2D eigenvalue weighted by atomic mass is 19.4. The lowest BCUT2D eigenvalue weighted by atomic mass is 10.0. The molecule has 2 N–H and O–H groups in total. The van der Waals surface area contributed by atoms with Crippen molar-refractivity contribution in [2.24, 2.45) is 5.73 Å². The molecule has 4 nitrogen and oxygen atoms in total. The molecule has 8 heteroatoms. The zero-order valence-corrected chi connectivity index (χ0v) is 11.6. The van der Waals surface area contributed by atoms with Gasteiger partial charge in [-0.15, -0.1) is 0 Å². The molecule has 1 aromatic rings. The third kappa shape index (κ3) is 4.07. The average Bonchev–Trinajstić information content (AvgIpc) is 2.38. The molecule has 0 aliphatic heterocycles. The summed E-state index contributed by atoms with van der Waals surface area (Å²) in [5.74, 6) is -1.91. The van der Waals surface area contributed by atoms with Crippen LogP contribution in [0.25, 0.3) is 0 Å². The van der Waals surface area contributed by atoms with E-state index in [1.54, 1.807) is 6.07 Å². The van der Waals surface area contributed by atoms with Crippen molar-refractivity contribution in [1.82, 2.24) is 4.90 Å². The van der Waals surface area contributed by atoms with E-state index in [2.05, 4.69) is 0 Å². The average molecular weight is 308 g/mol. The molecule has 0 aromatic heterocycles. The number of rotatable bonds is 5. The van der Waals surface area contributed by atoms with Crippen LogP contribution in [0.5, 0.6) is 5.75 Å². The Morgan fingerprint density at radius 3 is 2.43 bits per heavy atom. The van der Waals surface area contributed by atoms with E-state index in [0.717, 1.165) is 4.90 Å². The van der Waals surface area contributed by atoms with Crippen LogP contribution in [0.3, 0.4) is 0 Å². The maximum atomic E-state index is 13.2. The topological polar surface area (TPSA) is 55.6 Å². The van der Waals surface area contributed by atoms with Crippen LogP contribution >= 0.6 is 0 Å². The molecule has 0 bridgehead atoms. The molecular formula is C13H16F4N2O2. The van der Waals surface area contributed by atoms with E-state index < -0.39 is 23.4 Å². The summed E-state index contributed by atoms with van der Waals surface area (Å²) in [5, 5.41) is 0. The SMILES string of the molecule is CN(CCOc1ccccc1F)C(=O)C(C)(N)C(F)(F)F. The Morgan fingerprint density at radius 2 is 1.90 bits per heavy atom. The van der Waals surface area contributed by atoms with Crippen LogP contribution in [0.4, 0.5) is 17.6 Å². The van der Waals surface area contributed by atoms with Gasteiger partial charge in [-0.25, -0.2) is 4.39 Å². The summed E-state index contributed by atoms with van der Waals surface area (Å²) in [6.07, 6.45) is -4.86. The quantitative estimate of drug-likeness (QED) is 0.846. The standard InChI is InChI=1S/C13H16F4N2O2/c1-12(18,13(15,16)17)11(20)19(2)7-8-21-10-6-4-3-5-9(10)14/h3-6H,7-8,18H2,1-2H3. The van der Waals surface area contributed by atoms with Gasteiger partial charge in [-0.3, -0.25) is 4.79 Å². The van der Waals surface area contributed by atoms with Crippen molar-refractivity contribution < 1.29 is 27.1 Å². The molecule has 1 rings (SSSR count). The fourth-order valence-corrected chi connectivity index (χ4v) is 1.47. The number of amides is 1. The minimum Gasteiger partial charge on any atom is -0.489 e. The van der Waals surface area contributed by atoms with Crippen LogP contribution in [-0.4, -0.2) is 42.7 Å². The second kappa shape index (κ2) is 6.30. The minimum absolute atomic E-state index is 0.0373. The Balaban J connectivity index is 2.57. The number of ether oxygens (including phenoxy) is 1. The molecule has 0 spiro atoms. The Bertz CT molecular complexity index is 503.